The molecule has 0 fully saturated rings. The number of unbranched alkanes of at least 4 members (excludes halogenated alkanes) is 1. The largest absolute Gasteiger partial charge is 0.310 e. The Kier molecular flexibility index (Phi) is 5.58. The minimum absolute atomic E-state index is 0.204. The van der Waals surface area contributed by atoms with Gasteiger partial charge in [-0.3, -0.25) is 0 Å². The fraction of sp³-hybridized carbons (Fsp3) is 0.462. The first-order valence-corrected chi connectivity index (χ1v) is 5.74. The lowest BCUT2D eigenvalue weighted by Gasteiger charge is -2.17. The van der Waals surface area contributed by atoms with E-state index in [2.05, 4.69) is 5.32 Å². The first kappa shape index (κ1) is 13.6. The number of benzene rings is 1. The molecule has 4 heteroatoms. The fourth-order valence-electron chi connectivity index (χ4n) is 1.70. The molecule has 0 radical (unpaired) electrons. The van der Waals surface area contributed by atoms with Gasteiger partial charge in [-0.15, -0.1) is 0 Å². The summed E-state index contributed by atoms with van der Waals surface area (Å²) in [6.07, 6.45) is 1.85. The van der Waals surface area contributed by atoms with E-state index in [1.165, 1.54) is 6.07 Å². The molecule has 0 aliphatic rings. The number of nitrogens with zero attached hydrogens (tertiary/aromatic N) is 1. The van der Waals surface area contributed by atoms with Crippen molar-refractivity contribution in [1.29, 1.82) is 5.26 Å². The molecule has 0 saturated carbocycles. The number of nitrogens with one attached hydrogen (secondary N) is 1. The average Bonchev–Trinajstić information content (AvgIpc) is 2.33. The normalized spacial score (nSPS) is 12.1. The zero-order valence-electron chi connectivity index (χ0n) is 9.84. The Balaban J connectivity index is 2.66. The van der Waals surface area contributed by atoms with Crippen LogP contribution in [-0.2, 0) is 0 Å². The summed E-state index contributed by atoms with van der Waals surface area (Å²) < 4.78 is 26.6. The van der Waals surface area contributed by atoms with E-state index < -0.39 is 11.6 Å². The molecule has 1 unspecified atom stereocenters. The van der Waals surface area contributed by atoms with Gasteiger partial charge in [-0.25, -0.2) is 8.78 Å². The van der Waals surface area contributed by atoms with E-state index in [1.807, 2.05) is 13.0 Å². The van der Waals surface area contributed by atoms with Crippen LogP contribution in [0.5, 0.6) is 0 Å². The SMILES string of the molecule is CCC(NCCCC#N)c1cc(F)ccc1F. The maximum atomic E-state index is 13.5. The third kappa shape index (κ3) is 4.12. The molecule has 0 heterocycles. The molecule has 0 aromatic heterocycles. The highest BCUT2D eigenvalue weighted by Crippen LogP contribution is 2.21. The monoisotopic (exact) mass is 238 g/mol. The van der Waals surface area contributed by atoms with Crippen molar-refractivity contribution in [1.82, 2.24) is 5.32 Å². The van der Waals surface area contributed by atoms with Gasteiger partial charge in [0.25, 0.3) is 0 Å². The molecule has 1 N–H and O–H groups in total. The van der Waals surface area contributed by atoms with Crippen LogP contribution in [-0.4, -0.2) is 6.54 Å². The molecule has 0 aliphatic carbocycles. The van der Waals surface area contributed by atoms with E-state index >= 15 is 0 Å². The van der Waals surface area contributed by atoms with Crippen LogP contribution in [0.4, 0.5) is 8.78 Å². The topological polar surface area (TPSA) is 35.8 Å². The highest BCUT2D eigenvalue weighted by atomic mass is 19.1. The lowest BCUT2D eigenvalue weighted by molar-refractivity contribution is 0.479. The zero-order chi connectivity index (χ0) is 12.7. The summed E-state index contributed by atoms with van der Waals surface area (Å²) in [7, 11) is 0. The van der Waals surface area contributed by atoms with Crippen molar-refractivity contribution < 1.29 is 8.78 Å². The Bertz CT molecular complexity index is 399. The third-order valence-corrected chi connectivity index (χ3v) is 2.60. The average molecular weight is 238 g/mol. The summed E-state index contributed by atoms with van der Waals surface area (Å²) in [4.78, 5) is 0. The van der Waals surface area contributed by atoms with Gasteiger partial charge in [0.05, 0.1) is 6.07 Å². The zero-order valence-corrected chi connectivity index (χ0v) is 9.84. The third-order valence-electron chi connectivity index (χ3n) is 2.60. The molecule has 0 aliphatic heterocycles. The fourth-order valence-corrected chi connectivity index (χ4v) is 1.70. The molecule has 1 aromatic rings. The van der Waals surface area contributed by atoms with Crippen molar-refractivity contribution in [2.45, 2.75) is 32.2 Å². The van der Waals surface area contributed by atoms with Crippen LogP contribution < -0.4 is 5.32 Å². The number of rotatable bonds is 6. The predicted molar refractivity (Wildman–Crippen MR) is 62.2 cm³/mol. The van der Waals surface area contributed by atoms with E-state index in [0.29, 0.717) is 31.4 Å². The Labute approximate surface area is 100 Å². The van der Waals surface area contributed by atoms with Gasteiger partial charge in [0.2, 0.25) is 0 Å². The van der Waals surface area contributed by atoms with Gasteiger partial charge in [-0.1, -0.05) is 6.92 Å². The van der Waals surface area contributed by atoms with Crippen molar-refractivity contribution in [3.8, 4) is 6.07 Å². The molecular formula is C13H16F2N2. The van der Waals surface area contributed by atoms with E-state index in [-0.39, 0.29) is 6.04 Å². The highest BCUT2D eigenvalue weighted by molar-refractivity contribution is 5.22. The summed E-state index contributed by atoms with van der Waals surface area (Å²) in [5.74, 6) is -0.829. The van der Waals surface area contributed by atoms with Gasteiger partial charge >= 0.3 is 0 Å². The van der Waals surface area contributed by atoms with E-state index in [1.54, 1.807) is 0 Å². The van der Waals surface area contributed by atoms with Gasteiger partial charge in [0.15, 0.2) is 0 Å². The van der Waals surface area contributed by atoms with Crippen molar-refractivity contribution in [3.63, 3.8) is 0 Å². The number of hydrogen-bond acceptors (Lipinski definition) is 2. The highest BCUT2D eigenvalue weighted by Gasteiger charge is 2.13. The maximum Gasteiger partial charge on any atom is 0.128 e. The summed E-state index contributed by atoms with van der Waals surface area (Å²) in [5, 5.41) is 11.5. The summed E-state index contributed by atoms with van der Waals surface area (Å²) >= 11 is 0. The number of halogens is 2. The van der Waals surface area contributed by atoms with Crippen LogP contribution >= 0.6 is 0 Å². The van der Waals surface area contributed by atoms with Gasteiger partial charge < -0.3 is 5.32 Å². The number of hydrogen-bond donors (Lipinski definition) is 1. The lowest BCUT2D eigenvalue weighted by atomic mass is 10.0. The maximum absolute atomic E-state index is 13.5. The molecule has 0 bridgehead atoms. The number of nitriles is 1. The second kappa shape index (κ2) is 6.97. The van der Waals surface area contributed by atoms with Crippen LogP contribution in [0.15, 0.2) is 18.2 Å². The van der Waals surface area contributed by atoms with Crippen molar-refractivity contribution in [2.75, 3.05) is 6.54 Å². The van der Waals surface area contributed by atoms with Crippen LogP contribution in [0.25, 0.3) is 0 Å². The standard InChI is InChI=1S/C13H16F2N2/c1-2-13(17-8-4-3-7-16)11-9-10(14)5-6-12(11)15/h5-6,9,13,17H,2-4,8H2,1H3. The van der Waals surface area contributed by atoms with Crippen LogP contribution in [0, 0.1) is 23.0 Å². The molecule has 0 saturated heterocycles. The smallest absolute Gasteiger partial charge is 0.128 e. The molecule has 1 atom stereocenters. The Hall–Kier alpha value is -1.47. The first-order chi connectivity index (χ1) is 8.19. The second-order valence-corrected chi connectivity index (χ2v) is 3.84. The Morgan fingerprint density at radius 1 is 1.41 bits per heavy atom. The van der Waals surface area contributed by atoms with Crippen molar-refractivity contribution in [2.24, 2.45) is 0 Å². The predicted octanol–water partition coefficient (Wildman–Crippen LogP) is 3.31. The summed E-state index contributed by atoms with van der Waals surface area (Å²) in [6, 6.07) is 5.32. The Morgan fingerprint density at radius 2 is 2.18 bits per heavy atom. The molecule has 0 amide bonds. The van der Waals surface area contributed by atoms with E-state index in [9.17, 15) is 8.78 Å². The molecule has 0 spiro atoms. The van der Waals surface area contributed by atoms with E-state index in [4.69, 9.17) is 5.26 Å². The van der Waals surface area contributed by atoms with E-state index in [0.717, 1.165) is 12.1 Å². The molecule has 1 aromatic carbocycles. The van der Waals surface area contributed by atoms with Crippen LogP contribution in [0.3, 0.4) is 0 Å². The molecule has 17 heavy (non-hydrogen) atoms. The lowest BCUT2D eigenvalue weighted by Crippen LogP contribution is -2.23. The van der Waals surface area contributed by atoms with Crippen molar-refractivity contribution in [3.05, 3.63) is 35.4 Å². The molecule has 1 rings (SSSR count). The van der Waals surface area contributed by atoms with Gasteiger partial charge in [0.1, 0.15) is 11.6 Å². The first-order valence-electron chi connectivity index (χ1n) is 5.74. The summed E-state index contributed by atoms with van der Waals surface area (Å²) in [6.45, 7) is 2.54. The molecular weight excluding hydrogens is 222 g/mol. The minimum atomic E-state index is -0.432. The van der Waals surface area contributed by atoms with Gasteiger partial charge in [-0.2, -0.15) is 5.26 Å². The molecule has 92 valence electrons. The van der Waals surface area contributed by atoms with Crippen LogP contribution in [0.2, 0.25) is 0 Å². The quantitative estimate of drug-likeness (QED) is 0.772. The molecule has 2 nitrogen and oxygen atoms in total. The Morgan fingerprint density at radius 3 is 2.82 bits per heavy atom. The second-order valence-electron chi connectivity index (χ2n) is 3.84. The minimum Gasteiger partial charge on any atom is -0.310 e. The van der Waals surface area contributed by atoms with Crippen molar-refractivity contribution >= 4 is 0 Å². The van der Waals surface area contributed by atoms with Gasteiger partial charge in [0, 0.05) is 18.0 Å². The van der Waals surface area contributed by atoms with Crippen LogP contribution in [0.1, 0.15) is 37.8 Å². The summed E-state index contributed by atoms with van der Waals surface area (Å²) in [5.41, 5.74) is 0.351. The van der Waals surface area contributed by atoms with Gasteiger partial charge in [-0.05, 0) is 37.6 Å².